The number of anilines is 1. The number of nitrogen functional groups attached to an aromatic ring is 1. The van der Waals surface area contributed by atoms with Crippen molar-refractivity contribution >= 4 is 5.82 Å². The molecule has 1 heterocycles. The lowest BCUT2D eigenvalue weighted by Crippen LogP contribution is -2.12. The molecule has 0 unspecified atom stereocenters. The van der Waals surface area contributed by atoms with Gasteiger partial charge in [0.1, 0.15) is 17.9 Å². The summed E-state index contributed by atoms with van der Waals surface area (Å²) in [5.41, 5.74) is 4.50. The molecule has 0 amide bonds. The molecule has 1 aromatic carbocycles. The average molecular weight is 288 g/mol. The molecule has 21 heavy (non-hydrogen) atoms. The molecule has 3 N–H and O–H groups in total. The lowest BCUT2D eigenvalue weighted by atomic mass is 10.1. The van der Waals surface area contributed by atoms with E-state index < -0.39 is 0 Å². The zero-order valence-corrected chi connectivity index (χ0v) is 12.3. The van der Waals surface area contributed by atoms with Gasteiger partial charge in [0.05, 0.1) is 12.2 Å². The van der Waals surface area contributed by atoms with Crippen molar-refractivity contribution in [2.75, 3.05) is 12.5 Å². The Morgan fingerprint density at radius 3 is 2.86 bits per heavy atom. The van der Waals surface area contributed by atoms with Gasteiger partial charge in [-0.1, -0.05) is 25.5 Å². The number of nitrogens with two attached hydrogens (primary N) is 1. The molecule has 0 bridgehead atoms. The van der Waals surface area contributed by atoms with Gasteiger partial charge in [-0.05, 0) is 24.1 Å². The lowest BCUT2D eigenvalue weighted by Gasteiger charge is -2.13. The molecule has 0 aliphatic heterocycles. The Kier molecular flexibility index (Phi) is 5.48. The van der Waals surface area contributed by atoms with Crippen molar-refractivity contribution in [1.82, 2.24) is 9.97 Å². The van der Waals surface area contributed by atoms with Gasteiger partial charge in [0, 0.05) is 7.11 Å². The van der Waals surface area contributed by atoms with Crippen LogP contribution >= 0.6 is 0 Å². The molecular weight excluding hydrogens is 268 g/mol. The number of methoxy groups -OCH3 is 1. The van der Waals surface area contributed by atoms with Crippen LogP contribution in [0.3, 0.4) is 0 Å². The molecule has 0 fully saturated rings. The fourth-order valence-corrected chi connectivity index (χ4v) is 2.06. The van der Waals surface area contributed by atoms with E-state index in [-0.39, 0.29) is 0 Å². The second-order valence-electron chi connectivity index (χ2n) is 4.58. The number of benzene rings is 1. The molecule has 0 aliphatic rings. The maximum Gasteiger partial charge on any atom is 0.227 e. The largest absolute Gasteiger partial charge is 0.439 e. The van der Waals surface area contributed by atoms with Gasteiger partial charge >= 0.3 is 0 Å². The van der Waals surface area contributed by atoms with Crippen molar-refractivity contribution in [3.63, 3.8) is 0 Å². The highest BCUT2D eigenvalue weighted by Crippen LogP contribution is 2.28. The first kappa shape index (κ1) is 15.2. The quantitative estimate of drug-likeness (QED) is 0.602. The van der Waals surface area contributed by atoms with Crippen molar-refractivity contribution in [3.05, 3.63) is 41.7 Å². The second kappa shape index (κ2) is 7.56. The Morgan fingerprint density at radius 2 is 2.14 bits per heavy atom. The minimum atomic E-state index is 0.523. The highest BCUT2D eigenvalue weighted by atomic mass is 16.5. The number of rotatable bonds is 7. The first-order chi connectivity index (χ1) is 10.3. The summed E-state index contributed by atoms with van der Waals surface area (Å²) in [6, 6.07) is 7.71. The first-order valence-electron chi connectivity index (χ1n) is 6.84. The monoisotopic (exact) mass is 288 g/mol. The topological polar surface area (TPSA) is 82.3 Å². The van der Waals surface area contributed by atoms with E-state index in [4.69, 9.17) is 15.3 Å². The van der Waals surface area contributed by atoms with Crippen molar-refractivity contribution in [2.45, 2.75) is 26.4 Å². The minimum absolute atomic E-state index is 0.523. The maximum atomic E-state index is 5.89. The Bertz CT molecular complexity index is 590. The number of hydrogen-bond donors (Lipinski definition) is 2. The van der Waals surface area contributed by atoms with E-state index in [1.54, 1.807) is 7.11 Å². The van der Waals surface area contributed by atoms with Crippen molar-refractivity contribution in [3.8, 4) is 11.6 Å². The van der Waals surface area contributed by atoms with Gasteiger partial charge in [0.25, 0.3) is 0 Å². The van der Waals surface area contributed by atoms with Crippen molar-refractivity contribution < 1.29 is 9.47 Å². The molecule has 0 atom stereocenters. The van der Waals surface area contributed by atoms with E-state index in [1.807, 2.05) is 24.3 Å². The van der Waals surface area contributed by atoms with Gasteiger partial charge in [-0.15, -0.1) is 0 Å². The number of ether oxygens (including phenoxy) is 2. The maximum absolute atomic E-state index is 5.89. The lowest BCUT2D eigenvalue weighted by molar-refractivity contribution is 0.184. The summed E-state index contributed by atoms with van der Waals surface area (Å²) in [5.74, 6) is 7.32. The molecule has 0 aliphatic carbocycles. The highest BCUT2D eigenvalue weighted by Gasteiger charge is 2.12. The third-order valence-corrected chi connectivity index (χ3v) is 2.97. The first-order valence-corrected chi connectivity index (χ1v) is 6.84. The van der Waals surface area contributed by atoms with Crippen LogP contribution in [0.25, 0.3) is 0 Å². The van der Waals surface area contributed by atoms with Gasteiger partial charge in [0.15, 0.2) is 0 Å². The normalized spacial score (nSPS) is 10.4. The van der Waals surface area contributed by atoms with E-state index in [2.05, 4.69) is 22.3 Å². The van der Waals surface area contributed by atoms with Crippen LogP contribution in [0.5, 0.6) is 11.6 Å². The van der Waals surface area contributed by atoms with Crippen LogP contribution in [0, 0.1) is 0 Å². The molecule has 6 nitrogen and oxygen atoms in total. The van der Waals surface area contributed by atoms with E-state index in [0.717, 1.165) is 24.0 Å². The molecule has 1 aromatic heterocycles. The molecule has 112 valence electrons. The fraction of sp³-hybridized carbons (Fsp3) is 0.333. The molecule has 2 rings (SSSR count). The molecular formula is C15H20N4O2. The highest BCUT2D eigenvalue weighted by molar-refractivity contribution is 5.49. The molecule has 6 heteroatoms. The summed E-state index contributed by atoms with van der Waals surface area (Å²) in [4.78, 5) is 8.33. The van der Waals surface area contributed by atoms with Crippen LogP contribution in [0.1, 0.15) is 24.5 Å². The molecule has 0 spiro atoms. The van der Waals surface area contributed by atoms with Crippen LogP contribution in [0.4, 0.5) is 5.82 Å². The smallest absolute Gasteiger partial charge is 0.227 e. The number of hydrazine groups is 1. The van der Waals surface area contributed by atoms with Gasteiger partial charge in [-0.3, -0.25) is 0 Å². The average Bonchev–Trinajstić information content (AvgIpc) is 2.50. The van der Waals surface area contributed by atoms with Crippen LogP contribution in [-0.4, -0.2) is 17.1 Å². The predicted octanol–water partition coefficient (Wildman–Crippen LogP) is 2.65. The fourth-order valence-electron chi connectivity index (χ4n) is 2.06. The summed E-state index contributed by atoms with van der Waals surface area (Å²) in [7, 11) is 1.66. The Labute approximate surface area is 124 Å². The van der Waals surface area contributed by atoms with Gasteiger partial charge in [-0.2, -0.15) is 0 Å². The van der Waals surface area contributed by atoms with Gasteiger partial charge in [0.2, 0.25) is 5.88 Å². The third kappa shape index (κ3) is 3.90. The minimum Gasteiger partial charge on any atom is -0.439 e. The standard InChI is InChI=1S/C15H20N4O2/c1-3-5-13-14(19-16)17-10-18-15(13)21-12-7-4-6-11(8-12)9-20-2/h4,6-8,10H,3,5,9,16H2,1-2H3,(H,17,18,19). The van der Waals surface area contributed by atoms with Crippen LogP contribution in [-0.2, 0) is 17.8 Å². The van der Waals surface area contributed by atoms with Crippen LogP contribution < -0.4 is 16.0 Å². The van der Waals surface area contributed by atoms with Crippen molar-refractivity contribution in [1.29, 1.82) is 0 Å². The van der Waals surface area contributed by atoms with Crippen LogP contribution in [0.15, 0.2) is 30.6 Å². The second-order valence-corrected chi connectivity index (χ2v) is 4.58. The van der Waals surface area contributed by atoms with E-state index in [9.17, 15) is 0 Å². The van der Waals surface area contributed by atoms with Crippen molar-refractivity contribution in [2.24, 2.45) is 5.84 Å². The number of aromatic nitrogens is 2. The Hall–Kier alpha value is -2.18. The Balaban J connectivity index is 2.28. The van der Waals surface area contributed by atoms with E-state index in [0.29, 0.717) is 24.1 Å². The van der Waals surface area contributed by atoms with Crippen LogP contribution in [0.2, 0.25) is 0 Å². The zero-order chi connectivity index (χ0) is 15.1. The van der Waals surface area contributed by atoms with E-state index >= 15 is 0 Å². The predicted molar refractivity (Wildman–Crippen MR) is 81.1 cm³/mol. The molecule has 0 saturated heterocycles. The summed E-state index contributed by atoms with van der Waals surface area (Å²) < 4.78 is 11.0. The molecule has 2 aromatic rings. The zero-order valence-electron chi connectivity index (χ0n) is 12.3. The summed E-state index contributed by atoms with van der Waals surface area (Å²) in [6.45, 7) is 2.62. The van der Waals surface area contributed by atoms with Gasteiger partial charge in [-0.25, -0.2) is 15.8 Å². The summed E-state index contributed by atoms with van der Waals surface area (Å²) in [5, 5.41) is 0. The third-order valence-electron chi connectivity index (χ3n) is 2.97. The van der Waals surface area contributed by atoms with E-state index in [1.165, 1.54) is 6.33 Å². The summed E-state index contributed by atoms with van der Waals surface area (Å²) in [6.07, 6.45) is 3.16. The number of nitrogens with zero attached hydrogens (tertiary/aromatic N) is 2. The van der Waals surface area contributed by atoms with Gasteiger partial charge < -0.3 is 14.9 Å². The molecule has 0 saturated carbocycles. The summed E-state index contributed by atoms with van der Waals surface area (Å²) >= 11 is 0. The number of nitrogens with one attached hydrogen (secondary N) is 1. The Morgan fingerprint density at radius 1 is 1.29 bits per heavy atom. The SMILES string of the molecule is CCCc1c(NN)ncnc1Oc1cccc(COC)c1. The number of hydrogen-bond acceptors (Lipinski definition) is 6. The molecule has 0 radical (unpaired) electrons.